The molecule has 0 saturated carbocycles. The highest BCUT2D eigenvalue weighted by Crippen LogP contribution is 2.18. The van der Waals surface area contributed by atoms with E-state index in [0.717, 1.165) is 6.07 Å². The Morgan fingerprint density at radius 3 is 2.50 bits per heavy atom. The third kappa shape index (κ3) is 3.27. The standard InChI is InChI=1S/C12H8ClFN4O2/c13-7-3-1-4-8(14)9(7)10(19)17-12(20)18-11-15-5-2-6-16-11/h1-6H,(H2,15,16,17,18,19,20). The van der Waals surface area contributed by atoms with Crippen molar-refractivity contribution in [3.63, 3.8) is 0 Å². The zero-order valence-electron chi connectivity index (χ0n) is 9.93. The minimum Gasteiger partial charge on any atom is -0.276 e. The van der Waals surface area contributed by atoms with Crippen LogP contribution in [0.4, 0.5) is 15.1 Å². The Labute approximate surface area is 118 Å². The second kappa shape index (κ2) is 6.07. The number of carbonyl (C=O) groups excluding carboxylic acids is 2. The molecule has 1 aromatic carbocycles. The monoisotopic (exact) mass is 294 g/mol. The Morgan fingerprint density at radius 1 is 1.15 bits per heavy atom. The molecule has 0 fully saturated rings. The Balaban J connectivity index is 2.07. The third-order valence-electron chi connectivity index (χ3n) is 2.21. The number of imide groups is 1. The summed E-state index contributed by atoms with van der Waals surface area (Å²) < 4.78 is 13.5. The smallest absolute Gasteiger partial charge is 0.276 e. The summed E-state index contributed by atoms with van der Waals surface area (Å²) in [7, 11) is 0. The van der Waals surface area contributed by atoms with E-state index in [2.05, 4.69) is 15.3 Å². The van der Waals surface area contributed by atoms with Gasteiger partial charge in [-0.1, -0.05) is 17.7 Å². The Hall–Kier alpha value is -2.54. The maximum Gasteiger partial charge on any atom is 0.328 e. The molecule has 1 aromatic heterocycles. The van der Waals surface area contributed by atoms with E-state index in [0.29, 0.717) is 0 Å². The van der Waals surface area contributed by atoms with E-state index in [1.165, 1.54) is 24.5 Å². The van der Waals surface area contributed by atoms with E-state index in [4.69, 9.17) is 11.6 Å². The Kier molecular flexibility index (Phi) is 4.21. The zero-order chi connectivity index (χ0) is 14.5. The lowest BCUT2D eigenvalue weighted by atomic mass is 10.2. The summed E-state index contributed by atoms with van der Waals surface area (Å²) >= 11 is 5.71. The van der Waals surface area contributed by atoms with Crippen molar-refractivity contribution in [3.05, 3.63) is 53.1 Å². The number of benzene rings is 1. The summed E-state index contributed by atoms with van der Waals surface area (Å²) in [4.78, 5) is 30.8. The van der Waals surface area contributed by atoms with Crippen LogP contribution in [-0.4, -0.2) is 21.9 Å². The van der Waals surface area contributed by atoms with Crippen molar-refractivity contribution < 1.29 is 14.0 Å². The lowest BCUT2D eigenvalue weighted by Crippen LogP contribution is -2.35. The molecular formula is C12H8ClFN4O2. The van der Waals surface area contributed by atoms with Crippen LogP contribution < -0.4 is 10.6 Å². The molecule has 20 heavy (non-hydrogen) atoms. The van der Waals surface area contributed by atoms with Crippen molar-refractivity contribution in [2.45, 2.75) is 0 Å². The summed E-state index contributed by atoms with van der Waals surface area (Å²) in [6.07, 6.45) is 2.83. The molecule has 2 N–H and O–H groups in total. The quantitative estimate of drug-likeness (QED) is 0.889. The average Bonchev–Trinajstić information content (AvgIpc) is 2.39. The summed E-state index contributed by atoms with van der Waals surface area (Å²) in [5.41, 5.74) is -0.404. The van der Waals surface area contributed by atoms with Crippen molar-refractivity contribution in [2.75, 3.05) is 5.32 Å². The van der Waals surface area contributed by atoms with Crippen LogP contribution in [0.3, 0.4) is 0 Å². The lowest BCUT2D eigenvalue weighted by molar-refractivity contribution is 0.0963. The van der Waals surface area contributed by atoms with Gasteiger partial charge in [0.15, 0.2) is 0 Å². The number of rotatable bonds is 2. The van der Waals surface area contributed by atoms with Crippen molar-refractivity contribution in [2.24, 2.45) is 0 Å². The number of urea groups is 1. The number of hydrogen-bond donors (Lipinski definition) is 2. The van der Waals surface area contributed by atoms with E-state index in [9.17, 15) is 14.0 Å². The SMILES string of the molecule is O=C(NC(=O)c1c(F)cccc1Cl)Nc1ncccn1. The molecule has 0 spiro atoms. The largest absolute Gasteiger partial charge is 0.328 e. The fourth-order valence-electron chi connectivity index (χ4n) is 1.38. The summed E-state index contributed by atoms with van der Waals surface area (Å²) in [6, 6.07) is 4.44. The van der Waals surface area contributed by atoms with Gasteiger partial charge in [0.05, 0.1) is 10.6 Å². The number of nitrogens with one attached hydrogen (secondary N) is 2. The number of amides is 3. The van der Waals surface area contributed by atoms with Crippen LogP contribution in [0.15, 0.2) is 36.7 Å². The Bertz CT molecular complexity index is 631. The van der Waals surface area contributed by atoms with Gasteiger partial charge in [-0.2, -0.15) is 0 Å². The molecule has 2 rings (SSSR count). The van der Waals surface area contributed by atoms with E-state index < -0.39 is 23.3 Å². The van der Waals surface area contributed by atoms with Gasteiger partial charge in [0, 0.05) is 12.4 Å². The van der Waals surface area contributed by atoms with Crippen LogP contribution in [0.1, 0.15) is 10.4 Å². The summed E-state index contributed by atoms with van der Waals surface area (Å²) in [5.74, 6) is -1.77. The zero-order valence-corrected chi connectivity index (χ0v) is 10.7. The predicted molar refractivity (Wildman–Crippen MR) is 69.9 cm³/mol. The predicted octanol–water partition coefficient (Wildman–Crippen LogP) is 2.23. The fraction of sp³-hybridized carbons (Fsp3) is 0. The number of halogens is 2. The molecule has 6 nitrogen and oxygen atoms in total. The van der Waals surface area contributed by atoms with Crippen LogP contribution in [0, 0.1) is 5.82 Å². The summed E-state index contributed by atoms with van der Waals surface area (Å²) in [5, 5.41) is 4.06. The van der Waals surface area contributed by atoms with Gasteiger partial charge in [0.1, 0.15) is 5.82 Å². The van der Waals surface area contributed by atoms with Crippen molar-refractivity contribution in [3.8, 4) is 0 Å². The van der Waals surface area contributed by atoms with Crippen LogP contribution in [0.25, 0.3) is 0 Å². The first-order valence-electron chi connectivity index (χ1n) is 5.41. The van der Waals surface area contributed by atoms with Gasteiger partial charge < -0.3 is 0 Å². The molecule has 3 amide bonds. The number of carbonyl (C=O) groups is 2. The third-order valence-corrected chi connectivity index (χ3v) is 2.52. The number of aromatic nitrogens is 2. The van der Waals surface area contributed by atoms with Gasteiger partial charge in [-0.15, -0.1) is 0 Å². The van der Waals surface area contributed by atoms with Gasteiger partial charge >= 0.3 is 6.03 Å². The van der Waals surface area contributed by atoms with Gasteiger partial charge in [0.25, 0.3) is 5.91 Å². The van der Waals surface area contributed by atoms with Gasteiger partial charge in [-0.05, 0) is 18.2 Å². The average molecular weight is 295 g/mol. The molecule has 1 heterocycles. The minimum absolute atomic E-state index is 0.0115. The number of hydrogen-bond acceptors (Lipinski definition) is 4. The molecule has 0 bridgehead atoms. The molecule has 8 heteroatoms. The molecule has 0 aliphatic heterocycles. The van der Waals surface area contributed by atoms with E-state index >= 15 is 0 Å². The van der Waals surface area contributed by atoms with Gasteiger partial charge in [-0.3, -0.25) is 15.4 Å². The first-order valence-corrected chi connectivity index (χ1v) is 5.79. The highest BCUT2D eigenvalue weighted by molar-refractivity contribution is 6.34. The number of anilines is 1. The molecule has 0 aliphatic rings. The molecule has 0 radical (unpaired) electrons. The molecular weight excluding hydrogens is 287 g/mol. The number of nitrogens with zero attached hydrogens (tertiary/aromatic N) is 2. The highest BCUT2D eigenvalue weighted by atomic mass is 35.5. The van der Waals surface area contributed by atoms with Crippen LogP contribution >= 0.6 is 11.6 Å². The van der Waals surface area contributed by atoms with E-state index in [1.807, 2.05) is 5.32 Å². The van der Waals surface area contributed by atoms with E-state index in [1.54, 1.807) is 6.07 Å². The first kappa shape index (κ1) is 13.9. The Morgan fingerprint density at radius 2 is 1.85 bits per heavy atom. The topological polar surface area (TPSA) is 84.0 Å². The second-order valence-corrected chi connectivity index (χ2v) is 3.98. The lowest BCUT2D eigenvalue weighted by Gasteiger charge is -2.07. The minimum atomic E-state index is -0.957. The normalized spacial score (nSPS) is 9.90. The summed E-state index contributed by atoms with van der Waals surface area (Å²) in [6.45, 7) is 0. The van der Waals surface area contributed by atoms with E-state index in [-0.39, 0.29) is 11.0 Å². The van der Waals surface area contributed by atoms with Gasteiger partial charge in [-0.25, -0.2) is 19.2 Å². The molecule has 0 atom stereocenters. The van der Waals surface area contributed by atoms with Crippen LogP contribution in [-0.2, 0) is 0 Å². The van der Waals surface area contributed by atoms with Crippen LogP contribution in [0.2, 0.25) is 5.02 Å². The highest BCUT2D eigenvalue weighted by Gasteiger charge is 2.18. The fourth-order valence-corrected chi connectivity index (χ4v) is 1.63. The molecule has 0 aliphatic carbocycles. The maximum absolute atomic E-state index is 13.5. The maximum atomic E-state index is 13.5. The first-order chi connectivity index (χ1) is 9.58. The molecule has 0 saturated heterocycles. The molecule has 0 unspecified atom stereocenters. The molecule has 102 valence electrons. The second-order valence-electron chi connectivity index (χ2n) is 3.58. The van der Waals surface area contributed by atoms with Crippen molar-refractivity contribution >= 4 is 29.5 Å². The van der Waals surface area contributed by atoms with Crippen molar-refractivity contribution in [1.82, 2.24) is 15.3 Å². The van der Waals surface area contributed by atoms with Crippen molar-refractivity contribution in [1.29, 1.82) is 0 Å². The van der Waals surface area contributed by atoms with Crippen LogP contribution in [0.5, 0.6) is 0 Å². The molecule has 2 aromatic rings. The van der Waals surface area contributed by atoms with Gasteiger partial charge in [0.2, 0.25) is 5.95 Å².